The van der Waals surface area contributed by atoms with Gasteiger partial charge in [0, 0.05) is 27.4 Å². The van der Waals surface area contributed by atoms with Crippen LogP contribution in [0.5, 0.6) is 0 Å². The van der Waals surface area contributed by atoms with Crippen molar-refractivity contribution < 1.29 is 4.74 Å². The number of hydrogen-bond acceptors (Lipinski definition) is 5. The first-order valence-electron chi connectivity index (χ1n) is 7.87. The predicted molar refractivity (Wildman–Crippen MR) is 93.9 cm³/mol. The number of fused-ring (bicyclic) bond motifs is 1. The number of hydrazine groups is 1. The van der Waals surface area contributed by atoms with Crippen molar-refractivity contribution in [1.82, 2.24) is 10.9 Å². The van der Waals surface area contributed by atoms with Crippen LogP contribution in [0.2, 0.25) is 10.0 Å². The number of allylic oxidation sites excluding steroid dienone is 1. The monoisotopic (exact) mass is 366 g/mol. The number of halogens is 2. The number of nitrogens with one attached hydrogen (secondary N) is 2. The van der Waals surface area contributed by atoms with Crippen LogP contribution in [0.3, 0.4) is 0 Å². The van der Waals surface area contributed by atoms with Crippen molar-refractivity contribution in [2.45, 2.75) is 38.5 Å². The summed E-state index contributed by atoms with van der Waals surface area (Å²) in [6.07, 6.45) is -0.336. The average Bonchev–Trinajstić information content (AvgIpc) is 2.85. The van der Waals surface area contributed by atoms with E-state index < -0.39 is 5.41 Å². The van der Waals surface area contributed by atoms with Crippen molar-refractivity contribution >= 4 is 23.2 Å². The second-order valence-corrected chi connectivity index (χ2v) is 7.55. The predicted octanol–water partition coefficient (Wildman–Crippen LogP) is 3.05. The zero-order valence-corrected chi connectivity index (χ0v) is 15.2. The molecular weight excluding hydrogens is 347 g/mol. The van der Waals surface area contributed by atoms with Gasteiger partial charge in [-0.05, 0) is 36.6 Å². The van der Waals surface area contributed by atoms with E-state index in [0.29, 0.717) is 15.6 Å². The highest BCUT2D eigenvalue weighted by Gasteiger charge is 2.58. The number of benzene rings is 1. The summed E-state index contributed by atoms with van der Waals surface area (Å²) in [5, 5.41) is 10.9. The smallest absolute Gasteiger partial charge is 0.200 e. The Morgan fingerprint density at radius 2 is 1.88 bits per heavy atom. The first-order valence-corrected chi connectivity index (χ1v) is 8.62. The van der Waals surface area contributed by atoms with Gasteiger partial charge in [-0.25, -0.2) is 5.43 Å². The summed E-state index contributed by atoms with van der Waals surface area (Å²) >= 11 is 12.5. The van der Waals surface area contributed by atoms with Gasteiger partial charge in [-0.15, -0.1) is 0 Å². The maximum absolute atomic E-state index is 9.88. The van der Waals surface area contributed by atoms with Crippen LogP contribution in [0, 0.1) is 23.2 Å². The van der Waals surface area contributed by atoms with Crippen molar-refractivity contribution in [3.63, 3.8) is 0 Å². The summed E-state index contributed by atoms with van der Waals surface area (Å²) in [4.78, 5) is 0. The third-order valence-corrected chi connectivity index (χ3v) is 5.56. The van der Waals surface area contributed by atoms with Crippen LogP contribution in [-0.4, -0.2) is 12.3 Å². The van der Waals surface area contributed by atoms with Gasteiger partial charge in [0.15, 0.2) is 6.23 Å². The fraction of sp³-hybridized carbons (Fsp3) is 0.471. The Bertz CT molecular complexity index is 722. The van der Waals surface area contributed by atoms with Crippen molar-refractivity contribution in [2.75, 3.05) is 0 Å². The summed E-state index contributed by atoms with van der Waals surface area (Å²) in [5.41, 5.74) is 13.1. The molecule has 2 aliphatic rings. The van der Waals surface area contributed by atoms with Crippen molar-refractivity contribution in [3.8, 4) is 6.07 Å². The summed E-state index contributed by atoms with van der Waals surface area (Å²) < 4.78 is 5.77. The molecule has 1 fully saturated rings. The number of rotatable bonds is 2. The van der Waals surface area contributed by atoms with E-state index in [9.17, 15) is 5.26 Å². The molecule has 7 heteroatoms. The quantitative estimate of drug-likeness (QED) is 0.748. The zero-order chi connectivity index (χ0) is 17.6. The van der Waals surface area contributed by atoms with Crippen molar-refractivity contribution in [1.29, 1.82) is 5.26 Å². The normalized spacial score (nSPS) is 32.5. The Morgan fingerprint density at radius 3 is 2.42 bits per heavy atom. The third-order valence-electron chi connectivity index (χ3n) is 5.12. The minimum atomic E-state index is -0.661. The summed E-state index contributed by atoms with van der Waals surface area (Å²) in [6.45, 7) is 6.21. The number of hydrogen-bond donors (Lipinski definition) is 3. The molecule has 0 spiro atoms. The van der Waals surface area contributed by atoms with Gasteiger partial charge in [-0.1, -0.05) is 37.0 Å². The lowest BCUT2D eigenvalue weighted by atomic mass is 9.57. The molecule has 0 aromatic heterocycles. The van der Waals surface area contributed by atoms with E-state index in [4.69, 9.17) is 33.7 Å². The number of nitriles is 1. The number of nitrogens with two attached hydrogens (primary N) is 1. The molecule has 1 aromatic rings. The Morgan fingerprint density at radius 1 is 1.25 bits per heavy atom. The molecule has 0 bridgehead atoms. The summed E-state index contributed by atoms with van der Waals surface area (Å²) in [7, 11) is 0. The zero-order valence-electron chi connectivity index (χ0n) is 13.7. The molecule has 3 rings (SSSR count). The van der Waals surface area contributed by atoms with Gasteiger partial charge in [0.25, 0.3) is 0 Å². The average molecular weight is 367 g/mol. The van der Waals surface area contributed by atoms with Crippen LogP contribution in [0.25, 0.3) is 0 Å². The SMILES string of the molecule is CC1NNC2OC(N)=C(C#N)C(c3cc(Cl)cc(Cl)c3)(C(C)C)C12. The first-order chi connectivity index (χ1) is 11.3. The lowest BCUT2D eigenvalue weighted by Crippen LogP contribution is -2.54. The highest BCUT2D eigenvalue weighted by Crippen LogP contribution is 2.53. The highest BCUT2D eigenvalue weighted by atomic mass is 35.5. The molecule has 0 aliphatic carbocycles. The van der Waals surface area contributed by atoms with E-state index in [1.807, 2.05) is 12.1 Å². The van der Waals surface area contributed by atoms with Crippen LogP contribution in [0.4, 0.5) is 0 Å². The fourth-order valence-corrected chi connectivity index (χ4v) is 4.77. The van der Waals surface area contributed by atoms with E-state index in [0.717, 1.165) is 5.56 Å². The van der Waals surface area contributed by atoms with Crippen molar-refractivity contribution in [3.05, 3.63) is 45.3 Å². The topological polar surface area (TPSA) is 83.1 Å². The lowest BCUT2D eigenvalue weighted by Gasteiger charge is -2.48. The fourth-order valence-electron chi connectivity index (χ4n) is 4.24. The van der Waals surface area contributed by atoms with Crippen LogP contribution < -0.4 is 16.6 Å². The van der Waals surface area contributed by atoms with Gasteiger partial charge < -0.3 is 10.5 Å². The first kappa shape index (κ1) is 17.4. The Balaban J connectivity index is 2.36. The number of ether oxygens (including phenoxy) is 1. The molecule has 4 unspecified atom stereocenters. The van der Waals surface area contributed by atoms with Crippen LogP contribution in [0.1, 0.15) is 26.3 Å². The van der Waals surface area contributed by atoms with E-state index in [2.05, 4.69) is 37.7 Å². The minimum absolute atomic E-state index is 0.0472. The molecule has 4 N–H and O–H groups in total. The Kier molecular flexibility index (Phi) is 4.43. The van der Waals surface area contributed by atoms with Gasteiger partial charge in [0.05, 0.1) is 0 Å². The van der Waals surface area contributed by atoms with E-state index >= 15 is 0 Å². The van der Waals surface area contributed by atoms with Gasteiger partial charge >= 0.3 is 0 Å². The lowest BCUT2D eigenvalue weighted by molar-refractivity contribution is -0.00380. The molecule has 24 heavy (non-hydrogen) atoms. The molecule has 1 saturated heterocycles. The summed E-state index contributed by atoms with van der Waals surface area (Å²) in [6, 6.07) is 7.76. The van der Waals surface area contributed by atoms with Gasteiger partial charge in [-0.3, -0.25) is 5.43 Å². The third kappa shape index (κ3) is 2.37. The molecule has 2 heterocycles. The highest BCUT2D eigenvalue weighted by molar-refractivity contribution is 6.34. The van der Waals surface area contributed by atoms with Gasteiger partial charge in [0.1, 0.15) is 11.6 Å². The standard InChI is InChI=1S/C17H20Cl2N4O/c1-8(2)17(10-4-11(18)6-12(19)5-10)13(7-20)15(21)24-16-14(17)9(3)22-23-16/h4-6,8-9,14,16,22-23H,21H2,1-3H3. The van der Waals surface area contributed by atoms with Crippen LogP contribution >= 0.6 is 23.2 Å². The summed E-state index contributed by atoms with van der Waals surface area (Å²) in [5.74, 6) is 0.168. The van der Waals surface area contributed by atoms with Gasteiger partial charge in [0.2, 0.25) is 5.88 Å². The Hall–Kier alpha value is -1.45. The molecule has 0 radical (unpaired) electrons. The molecule has 0 saturated carbocycles. The molecule has 128 valence electrons. The second-order valence-electron chi connectivity index (χ2n) is 6.67. The minimum Gasteiger partial charge on any atom is -0.458 e. The van der Waals surface area contributed by atoms with Crippen LogP contribution in [0.15, 0.2) is 29.7 Å². The number of nitrogens with zero attached hydrogens (tertiary/aromatic N) is 1. The van der Waals surface area contributed by atoms with E-state index in [1.165, 1.54) is 0 Å². The van der Waals surface area contributed by atoms with Gasteiger partial charge in [-0.2, -0.15) is 5.26 Å². The van der Waals surface area contributed by atoms with E-state index in [-0.39, 0.29) is 30.0 Å². The van der Waals surface area contributed by atoms with Crippen LogP contribution in [-0.2, 0) is 10.2 Å². The molecule has 0 amide bonds. The molecule has 1 aromatic carbocycles. The second kappa shape index (κ2) is 6.12. The maximum atomic E-state index is 9.88. The Labute approximate surface area is 151 Å². The van der Waals surface area contributed by atoms with E-state index in [1.54, 1.807) is 6.07 Å². The molecular formula is C17H20Cl2N4O. The maximum Gasteiger partial charge on any atom is 0.200 e. The van der Waals surface area contributed by atoms with Crippen molar-refractivity contribution in [2.24, 2.45) is 17.6 Å². The molecule has 2 aliphatic heterocycles. The largest absolute Gasteiger partial charge is 0.458 e. The molecule has 4 atom stereocenters. The molecule has 5 nitrogen and oxygen atoms in total.